The predicted octanol–water partition coefficient (Wildman–Crippen LogP) is 1.31. The predicted molar refractivity (Wildman–Crippen MR) is 72.2 cm³/mol. The van der Waals surface area contributed by atoms with Crippen LogP contribution in [-0.2, 0) is 29.5 Å². The van der Waals surface area contributed by atoms with Crippen molar-refractivity contribution in [3.63, 3.8) is 0 Å². The summed E-state index contributed by atoms with van der Waals surface area (Å²) < 4.78 is 27.7. The number of rotatable bonds is 5. The molecule has 0 radical (unpaired) electrons. The lowest BCUT2D eigenvalue weighted by molar-refractivity contribution is 0.451. The van der Waals surface area contributed by atoms with E-state index < -0.39 is 10.0 Å². The number of nitrogens with zero attached hydrogens (tertiary/aromatic N) is 3. The second-order valence-corrected chi connectivity index (χ2v) is 6.52. The summed E-state index contributed by atoms with van der Waals surface area (Å²) >= 11 is 5.65. The van der Waals surface area contributed by atoms with Crippen LogP contribution < -0.4 is 0 Å². The fraction of sp³-hybridized carbons (Fsp3) is 0.364. The molecule has 2 heterocycles. The lowest BCUT2D eigenvalue weighted by Gasteiger charge is -2.15. The number of aryl methyl sites for hydroxylation is 1. The Balaban J connectivity index is 2.22. The van der Waals surface area contributed by atoms with E-state index >= 15 is 0 Å². The second-order valence-electron chi connectivity index (χ2n) is 4.21. The van der Waals surface area contributed by atoms with E-state index in [2.05, 4.69) is 9.97 Å². The summed E-state index contributed by atoms with van der Waals surface area (Å²) in [5, 5.41) is 0. The number of alkyl halides is 1. The molecule has 0 saturated heterocycles. The smallest absolute Gasteiger partial charge is 0.244 e. The van der Waals surface area contributed by atoms with Crippen LogP contribution in [0.3, 0.4) is 0 Å². The number of imidazole rings is 1. The van der Waals surface area contributed by atoms with Gasteiger partial charge in [0.1, 0.15) is 5.82 Å². The molecule has 8 heteroatoms. The SMILES string of the molecule is CN(Cc1nccn1C)S(=O)(=O)c1c[nH]c(CCl)c1. The highest BCUT2D eigenvalue weighted by Crippen LogP contribution is 2.17. The number of hydrogen-bond donors (Lipinski definition) is 1. The fourth-order valence-electron chi connectivity index (χ4n) is 1.66. The largest absolute Gasteiger partial charge is 0.363 e. The van der Waals surface area contributed by atoms with E-state index in [1.54, 1.807) is 17.0 Å². The van der Waals surface area contributed by atoms with Crippen LogP contribution in [0.2, 0.25) is 0 Å². The lowest BCUT2D eigenvalue weighted by atomic mass is 10.5. The summed E-state index contributed by atoms with van der Waals surface area (Å²) in [6.45, 7) is 0.215. The van der Waals surface area contributed by atoms with Gasteiger partial charge < -0.3 is 9.55 Å². The highest BCUT2D eigenvalue weighted by Gasteiger charge is 2.23. The molecule has 0 aliphatic heterocycles. The minimum absolute atomic E-state index is 0.208. The number of hydrogen-bond acceptors (Lipinski definition) is 3. The topological polar surface area (TPSA) is 71.0 Å². The van der Waals surface area contributed by atoms with Gasteiger partial charge in [0.25, 0.3) is 0 Å². The maximum Gasteiger partial charge on any atom is 0.244 e. The summed E-state index contributed by atoms with van der Waals surface area (Å²) in [5.74, 6) is 0.928. The van der Waals surface area contributed by atoms with Crippen molar-refractivity contribution in [2.24, 2.45) is 7.05 Å². The van der Waals surface area contributed by atoms with Gasteiger partial charge in [-0.25, -0.2) is 13.4 Å². The van der Waals surface area contributed by atoms with Gasteiger partial charge in [0, 0.05) is 38.4 Å². The Hall–Kier alpha value is -1.31. The minimum atomic E-state index is -3.53. The second kappa shape index (κ2) is 5.36. The third-order valence-electron chi connectivity index (χ3n) is 2.85. The molecule has 2 rings (SSSR count). The highest BCUT2D eigenvalue weighted by molar-refractivity contribution is 7.89. The molecule has 0 aliphatic carbocycles. The van der Waals surface area contributed by atoms with E-state index in [0.717, 1.165) is 0 Å². The Morgan fingerprint density at radius 1 is 1.53 bits per heavy atom. The molecular formula is C11H15ClN4O2S. The van der Waals surface area contributed by atoms with Crippen LogP contribution in [0.5, 0.6) is 0 Å². The van der Waals surface area contributed by atoms with Gasteiger partial charge in [-0.3, -0.25) is 0 Å². The molecule has 2 aromatic heterocycles. The van der Waals surface area contributed by atoms with Crippen LogP contribution in [0.25, 0.3) is 0 Å². The Bertz CT molecular complexity index is 662. The standard InChI is InChI=1S/C11H15ClN4O2S/c1-15-4-3-13-11(15)8-16(2)19(17,18)10-5-9(6-12)14-7-10/h3-5,7,14H,6,8H2,1-2H3. The normalized spacial score (nSPS) is 12.2. The average Bonchev–Trinajstić information content (AvgIpc) is 2.99. The maximum absolute atomic E-state index is 12.3. The summed E-state index contributed by atoms with van der Waals surface area (Å²) in [6.07, 6.45) is 4.86. The molecule has 0 amide bonds. The molecule has 1 N–H and O–H groups in total. The molecule has 0 aliphatic rings. The van der Waals surface area contributed by atoms with E-state index in [4.69, 9.17) is 11.6 Å². The molecular weight excluding hydrogens is 288 g/mol. The van der Waals surface area contributed by atoms with E-state index in [0.29, 0.717) is 11.5 Å². The molecule has 0 atom stereocenters. The van der Waals surface area contributed by atoms with Crippen molar-refractivity contribution in [2.45, 2.75) is 17.3 Å². The van der Waals surface area contributed by atoms with E-state index in [1.165, 1.54) is 23.6 Å². The first-order valence-electron chi connectivity index (χ1n) is 5.61. The van der Waals surface area contributed by atoms with Gasteiger partial charge in [-0.2, -0.15) is 4.31 Å². The molecule has 0 saturated carbocycles. The van der Waals surface area contributed by atoms with Crippen molar-refractivity contribution in [3.8, 4) is 0 Å². The molecule has 6 nitrogen and oxygen atoms in total. The van der Waals surface area contributed by atoms with Gasteiger partial charge >= 0.3 is 0 Å². The summed E-state index contributed by atoms with van der Waals surface area (Å²) in [4.78, 5) is 7.15. The highest BCUT2D eigenvalue weighted by atomic mass is 35.5. The molecule has 0 aromatic carbocycles. The monoisotopic (exact) mass is 302 g/mol. The number of aromatic amines is 1. The van der Waals surface area contributed by atoms with Gasteiger partial charge in [-0.05, 0) is 6.07 Å². The zero-order chi connectivity index (χ0) is 14.0. The summed E-state index contributed by atoms with van der Waals surface area (Å²) in [7, 11) is -0.182. The molecule has 0 fully saturated rings. The van der Waals surface area contributed by atoms with Crippen LogP contribution in [0.1, 0.15) is 11.5 Å². The van der Waals surface area contributed by atoms with Gasteiger partial charge in [0.15, 0.2) is 0 Å². The third-order valence-corrected chi connectivity index (χ3v) is 4.92. The lowest BCUT2D eigenvalue weighted by Crippen LogP contribution is -2.27. The van der Waals surface area contributed by atoms with Gasteiger partial charge in [-0.15, -0.1) is 11.6 Å². The zero-order valence-corrected chi connectivity index (χ0v) is 12.2. The van der Waals surface area contributed by atoms with E-state index in [1.807, 2.05) is 7.05 Å². The van der Waals surface area contributed by atoms with Crippen molar-refractivity contribution >= 4 is 21.6 Å². The first kappa shape index (κ1) is 14.1. The average molecular weight is 303 g/mol. The van der Waals surface area contributed by atoms with Gasteiger partial charge in [0.05, 0.1) is 17.3 Å². The van der Waals surface area contributed by atoms with Crippen molar-refractivity contribution in [1.29, 1.82) is 0 Å². The number of nitrogens with one attached hydrogen (secondary N) is 1. The van der Waals surface area contributed by atoms with E-state index in [-0.39, 0.29) is 17.3 Å². The molecule has 0 unspecified atom stereocenters. The molecule has 104 valence electrons. The minimum Gasteiger partial charge on any atom is -0.363 e. The Kier molecular flexibility index (Phi) is 3.98. The Morgan fingerprint density at radius 3 is 2.79 bits per heavy atom. The fourth-order valence-corrected chi connectivity index (χ4v) is 2.96. The number of aromatic nitrogens is 3. The molecule has 0 spiro atoms. The van der Waals surface area contributed by atoms with Crippen LogP contribution in [0.4, 0.5) is 0 Å². The first-order chi connectivity index (χ1) is 8.95. The van der Waals surface area contributed by atoms with Gasteiger partial charge in [0.2, 0.25) is 10.0 Å². The molecule has 0 bridgehead atoms. The van der Waals surface area contributed by atoms with E-state index in [9.17, 15) is 8.42 Å². The quantitative estimate of drug-likeness (QED) is 0.847. The molecule has 19 heavy (non-hydrogen) atoms. The maximum atomic E-state index is 12.3. The van der Waals surface area contributed by atoms with Crippen molar-refractivity contribution in [3.05, 3.63) is 36.2 Å². The van der Waals surface area contributed by atoms with Crippen molar-refractivity contribution < 1.29 is 8.42 Å². The molecule has 2 aromatic rings. The van der Waals surface area contributed by atoms with Gasteiger partial charge in [-0.1, -0.05) is 0 Å². The summed E-state index contributed by atoms with van der Waals surface area (Å²) in [6, 6.07) is 1.54. The van der Waals surface area contributed by atoms with Crippen LogP contribution >= 0.6 is 11.6 Å². The Labute approximate surface area is 117 Å². The van der Waals surface area contributed by atoms with Crippen LogP contribution in [-0.4, -0.2) is 34.3 Å². The van der Waals surface area contributed by atoms with Crippen LogP contribution in [0, 0.1) is 0 Å². The first-order valence-corrected chi connectivity index (χ1v) is 7.58. The number of halogens is 1. The third kappa shape index (κ3) is 2.83. The number of sulfonamides is 1. The van der Waals surface area contributed by atoms with Crippen molar-refractivity contribution in [2.75, 3.05) is 7.05 Å². The van der Waals surface area contributed by atoms with Crippen LogP contribution in [0.15, 0.2) is 29.6 Å². The number of H-pyrrole nitrogens is 1. The zero-order valence-electron chi connectivity index (χ0n) is 10.7. The van der Waals surface area contributed by atoms with Crippen molar-refractivity contribution in [1.82, 2.24) is 18.8 Å². The summed E-state index contributed by atoms with van der Waals surface area (Å²) in [5.41, 5.74) is 0.672. The Morgan fingerprint density at radius 2 is 2.26 bits per heavy atom.